The normalized spacial score (nSPS) is 13.2. The van der Waals surface area contributed by atoms with Gasteiger partial charge in [0.2, 0.25) is 0 Å². The molecule has 0 rings (SSSR count). The molecule has 3 N–H and O–H groups in total. The van der Waals surface area contributed by atoms with Crippen molar-refractivity contribution >= 4 is 35.6 Å². The zero-order valence-electron chi connectivity index (χ0n) is 7.01. The van der Waals surface area contributed by atoms with Gasteiger partial charge in [0.05, 0.1) is 10.1 Å². The third-order valence-corrected chi connectivity index (χ3v) is 1.32. The summed E-state index contributed by atoms with van der Waals surface area (Å²) in [6.45, 7) is 0. The molecular weight excluding hydrogens is 211 g/mol. The molecule has 72 valence electrons. The number of nitrogens with one attached hydrogen (secondary N) is 3. The monoisotopic (exact) mass is 220 g/mol. The smallest absolute Gasteiger partial charge is 0.0759 e. The number of rotatable bonds is 5. The second kappa shape index (κ2) is 7.64. The van der Waals surface area contributed by atoms with E-state index in [0.717, 1.165) is 6.21 Å². The lowest BCUT2D eigenvalue weighted by atomic mass is 10.6. The molecule has 0 spiro atoms. The van der Waals surface area contributed by atoms with Crippen molar-refractivity contribution in [3.05, 3.63) is 22.5 Å². The summed E-state index contributed by atoms with van der Waals surface area (Å²) in [6, 6.07) is 0. The highest BCUT2D eigenvalue weighted by Crippen LogP contribution is 1.94. The number of halogens is 2. The number of hydrogen-bond acceptors (Lipinski definition) is 4. The first-order valence-corrected chi connectivity index (χ1v) is 4.11. The molecule has 0 unspecified atom stereocenters. The minimum absolute atomic E-state index is 0.279. The third-order valence-electron chi connectivity index (χ3n) is 0.894. The molecule has 0 saturated carbocycles. The van der Waals surface area contributed by atoms with Crippen LogP contribution in [0.4, 0.5) is 0 Å². The van der Waals surface area contributed by atoms with E-state index >= 15 is 0 Å². The standard InChI is InChI=1S/C7H10Cl2N4/c1-11-3-7(9)5-13-12-4-6(8)2-10/h2-5,10,12-13H,1H3. The van der Waals surface area contributed by atoms with Crippen LogP contribution in [0, 0.1) is 5.41 Å². The Kier molecular flexibility index (Phi) is 7.05. The average molecular weight is 221 g/mol. The maximum absolute atomic E-state index is 6.74. The van der Waals surface area contributed by atoms with E-state index in [1.165, 1.54) is 18.6 Å². The topological polar surface area (TPSA) is 60.3 Å². The molecule has 0 atom stereocenters. The van der Waals surface area contributed by atoms with Gasteiger partial charge in [0.25, 0.3) is 0 Å². The lowest BCUT2D eigenvalue weighted by Gasteiger charge is -1.98. The molecule has 6 heteroatoms. The highest BCUT2D eigenvalue weighted by molar-refractivity contribution is 6.39. The lowest BCUT2D eigenvalue weighted by molar-refractivity contribution is 0.776. The summed E-state index contributed by atoms with van der Waals surface area (Å²) in [5, 5.41) is 7.47. The van der Waals surface area contributed by atoms with Gasteiger partial charge in [-0.05, 0) is 0 Å². The fraction of sp³-hybridized carbons (Fsp3) is 0.143. The van der Waals surface area contributed by atoms with Crippen LogP contribution in [0.25, 0.3) is 0 Å². The van der Waals surface area contributed by atoms with Crippen LogP contribution < -0.4 is 10.9 Å². The second-order valence-electron chi connectivity index (χ2n) is 1.88. The van der Waals surface area contributed by atoms with Crippen molar-refractivity contribution in [1.29, 1.82) is 5.41 Å². The molecule has 0 bridgehead atoms. The van der Waals surface area contributed by atoms with E-state index < -0.39 is 0 Å². The molecule has 0 aliphatic heterocycles. The van der Waals surface area contributed by atoms with Crippen molar-refractivity contribution < 1.29 is 0 Å². The number of hydrogen-bond donors (Lipinski definition) is 3. The molecule has 0 aromatic rings. The molecular formula is C7H10Cl2N4. The Bertz CT molecular complexity index is 245. The Morgan fingerprint density at radius 2 is 1.77 bits per heavy atom. The molecule has 0 aliphatic carbocycles. The van der Waals surface area contributed by atoms with Gasteiger partial charge in [0.1, 0.15) is 0 Å². The SMILES string of the molecule is CN=CC(Cl)=CNNC=C(Cl)C=N. The van der Waals surface area contributed by atoms with Gasteiger partial charge in [-0.25, -0.2) is 0 Å². The van der Waals surface area contributed by atoms with E-state index in [4.69, 9.17) is 28.6 Å². The number of nitrogens with zero attached hydrogens (tertiary/aromatic N) is 1. The van der Waals surface area contributed by atoms with Gasteiger partial charge in [-0.3, -0.25) is 4.99 Å². The minimum Gasteiger partial charge on any atom is -0.307 e. The largest absolute Gasteiger partial charge is 0.307 e. The summed E-state index contributed by atoms with van der Waals surface area (Å²) >= 11 is 11.1. The molecule has 4 nitrogen and oxygen atoms in total. The van der Waals surface area contributed by atoms with Gasteiger partial charge in [-0.1, -0.05) is 23.2 Å². The van der Waals surface area contributed by atoms with Crippen molar-refractivity contribution in [1.82, 2.24) is 10.9 Å². The molecule has 0 aromatic carbocycles. The van der Waals surface area contributed by atoms with E-state index in [1.807, 2.05) is 0 Å². The van der Waals surface area contributed by atoms with Crippen LogP contribution in [0.1, 0.15) is 0 Å². The zero-order valence-corrected chi connectivity index (χ0v) is 8.52. The van der Waals surface area contributed by atoms with E-state index in [9.17, 15) is 0 Å². The Morgan fingerprint density at radius 3 is 2.23 bits per heavy atom. The third kappa shape index (κ3) is 7.36. The Hall–Kier alpha value is -1.00. The molecule has 0 radical (unpaired) electrons. The van der Waals surface area contributed by atoms with Crippen LogP contribution in [0.15, 0.2) is 27.5 Å². The van der Waals surface area contributed by atoms with Crippen molar-refractivity contribution in [2.75, 3.05) is 7.05 Å². The molecule has 0 amide bonds. The summed E-state index contributed by atoms with van der Waals surface area (Å²) in [4.78, 5) is 3.69. The second-order valence-corrected chi connectivity index (χ2v) is 2.75. The van der Waals surface area contributed by atoms with E-state index in [0.29, 0.717) is 5.03 Å². The molecule has 13 heavy (non-hydrogen) atoms. The van der Waals surface area contributed by atoms with E-state index in [-0.39, 0.29) is 5.03 Å². The van der Waals surface area contributed by atoms with Crippen LogP contribution in [-0.2, 0) is 0 Å². The van der Waals surface area contributed by atoms with Gasteiger partial charge in [0.15, 0.2) is 0 Å². The molecule has 0 aromatic heterocycles. The number of allylic oxidation sites excluding steroid dienone is 2. The van der Waals surface area contributed by atoms with Crippen LogP contribution in [-0.4, -0.2) is 19.5 Å². The predicted octanol–water partition coefficient (Wildman–Crippen LogP) is 1.59. The summed E-state index contributed by atoms with van der Waals surface area (Å²) in [6.07, 6.45) is 5.41. The summed E-state index contributed by atoms with van der Waals surface area (Å²) in [5.74, 6) is 0. The van der Waals surface area contributed by atoms with Crippen molar-refractivity contribution in [2.45, 2.75) is 0 Å². The van der Waals surface area contributed by atoms with Gasteiger partial charge in [-0.15, -0.1) is 0 Å². The highest BCUT2D eigenvalue weighted by Gasteiger charge is 1.83. The summed E-state index contributed by atoms with van der Waals surface area (Å²) < 4.78 is 0. The quantitative estimate of drug-likeness (QED) is 0.375. The number of aliphatic imine (C=N–C) groups is 1. The van der Waals surface area contributed by atoms with Crippen molar-refractivity contribution in [3.8, 4) is 0 Å². The minimum atomic E-state index is 0.279. The van der Waals surface area contributed by atoms with Crippen LogP contribution in [0.2, 0.25) is 0 Å². The van der Waals surface area contributed by atoms with Gasteiger partial charge < -0.3 is 16.3 Å². The Morgan fingerprint density at radius 1 is 1.23 bits per heavy atom. The molecule has 0 aliphatic rings. The van der Waals surface area contributed by atoms with Crippen LogP contribution in [0.5, 0.6) is 0 Å². The predicted molar refractivity (Wildman–Crippen MR) is 57.3 cm³/mol. The fourth-order valence-corrected chi connectivity index (χ4v) is 0.630. The number of hydrazine groups is 1. The van der Waals surface area contributed by atoms with Crippen LogP contribution >= 0.6 is 23.2 Å². The van der Waals surface area contributed by atoms with Crippen molar-refractivity contribution in [3.63, 3.8) is 0 Å². The van der Waals surface area contributed by atoms with Gasteiger partial charge >= 0.3 is 0 Å². The molecule has 0 fully saturated rings. The lowest BCUT2D eigenvalue weighted by Crippen LogP contribution is -2.21. The average Bonchev–Trinajstić information content (AvgIpc) is 2.12. The van der Waals surface area contributed by atoms with E-state index in [1.54, 1.807) is 7.05 Å². The van der Waals surface area contributed by atoms with Crippen LogP contribution in [0.3, 0.4) is 0 Å². The summed E-state index contributed by atoms with van der Waals surface area (Å²) in [7, 11) is 1.62. The fourth-order valence-electron chi connectivity index (χ4n) is 0.423. The van der Waals surface area contributed by atoms with E-state index in [2.05, 4.69) is 15.8 Å². The first kappa shape index (κ1) is 12.0. The zero-order chi connectivity index (χ0) is 10.1. The van der Waals surface area contributed by atoms with Crippen molar-refractivity contribution in [2.24, 2.45) is 4.99 Å². The molecule has 0 heterocycles. The summed E-state index contributed by atoms with van der Waals surface area (Å²) in [5.41, 5.74) is 5.24. The maximum Gasteiger partial charge on any atom is 0.0759 e. The first-order chi connectivity index (χ1) is 6.20. The molecule has 0 saturated heterocycles. The Labute approximate surface area is 86.8 Å². The van der Waals surface area contributed by atoms with Gasteiger partial charge in [0, 0.05) is 31.9 Å². The highest BCUT2D eigenvalue weighted by atomic mass is 35.5. The van der Waals surface area contributed by atoms with Gasteiger partial charge in [-0.2, -0.15) is 0 Å². The Balaban J connectivity index is 3.79. The maximum atomic E-state index is 6.74. The first-order valence-electron chi connectivity index (χ1n) is 3.35.